The molecule has 156 valence electrons. The molecule has 2 rings (SSSR count). The van der Waals surface area contributed by atoms with Gasteiger partial charge in [-0.2, -0.15) is 0 Å². The van der Waals surface area contributed by atoms with Gasteiger partial charge in [-0.3, -0.25) is 4.90 Å². The average Bonchev–Trinajstić information content (AvgIpc) is 2.75. The molecule has 0 amide bonds. The summed E-state index contributed by atoms with van der Waals surface area (Å²) in [7, 11) is 0. The van der Waals surface area contributed by atoms with Crippen molar-refractivity contribution in [2.45, 2.75) is 59.6 Å². The number of aliphatic carboxylic acids is 1. The van der Waals surface area contributed by atoms with E-state index < -0.39 is 11.6 Å². The first-order chi connectivity index (χ1) is 13.6. The first kappa shape index (κ1) is 25.7. The Hall–Kier alpha value is -2.33. The van der Waals surface area contributed by atoms with Gasteiger partial charge in [0.2, 0.25) is 5.60 Å². The molecule has 1 aliphatic rings. The number of carbonyl (C=O) groups is 1. The molecule has 1 saturated heterocycles. The van der Waals surface area contributed by atoms with Crippen LogP contribution in [-0.2, 0) is 16.1 Å². The number of carboxylic acids is 1. The summed E-state index contributed by atoms with van der Waals surface area (Å²) in [5.74, 6) is -0.439. The third kappa shape index (κ3) is 8.13. The zero-order chi connectivity index (χ0) is 21.4. The van der Waals surface area contributed by atoms with Crippen LogP contribution < -0.4 is 0 Å². The summed E-state index contributed by atoms with van der Waals surface area (Å²) in [5.41, 5.74) is -0.0543. The molecular formula is C24H37NO3. The number of ether oxygens (including phenoxy) is 1. The molecule has 28 heavy (non-hydrogen) atoms. The van der Waals surface area contributed by atoms with Crippen molar-refractivity contribution in [3.05, 3.63) is 72.5 Å². The molecule has 1 heterocycles. The molecule has 0 saturated carbocycles. The Labute approximate surface area is 171 Å². The Kier molecular flexibility index (Phi) is 13.5. The Morgan fingerprint density at radius 1 is 1.25 bits per heavy atom. The number of allylic oxidation sites excluding steroid dienone is 4. The van der Waals surface area contributed by atoms with E-state index in [1.165, 1.54) is 5.56 Å². The first-order valence-electron chi connectivity index (χ1n) is 10.2. The molecule has 1 aromatic rings. The lowest BCUT2D eigenvalue weighted by Crippen LogP contribution is -2.54. The van der Waals surface area contributed by atoms with E-state index in [9.17, 15) is 9.90 Å². The van der Waals surface area contributed by atoms with Crippen molar-refractivity contribution in [3.8, 4) is 0 Å². The van der Waals surface area contributed by atoms with Gasteiger partial charge < -0.3 is 9.84 Å². The lowest BCUT2D eigenvalue weighted by Gasteiger charge is -2.40. The molecule has 1 fully saturated rings. The fraction of sp³-hybridized carbons (Fsp3) is 0.458. The summed E-state index contributed by atoms with van der Waals surface area (Å²) in [5, 5.41) is 9.81. The molecule has 0 bridgehead atoms. The van der Waals surface area contributed by atoms with E-state index >= 15 is 0 Å². The highest BCUT2D eigenvalue weighted by Crippen LogP contribution is 2.29. The number of hydrogen-bond acceptors (Lipinski definition) is 3. The fourth-order valence-electron chi connectivity index (χ4n) is 2.95. The van der Waals surface area contributed by atoms with E-state index in [-0.39, 0.29) is 0 Å². The van der Waals surface area contributed by atoms with Crippen LogP contribution in [-0.4, -0.2) is 34.7 Å². The second kappa shape index (κ2) is 14.7. The van der Waals surface area contributed by atoms with Gasteiger partial charge in [0.05, 0.1) is 0 Å². The van der Waals surface area contributed by atoms with Crippen molar-refractivity contribution in [3.63, 3.8) is 0 Å². The Bertz CT molecular complexity index is 622. The molecule has 0 aliphatic carbocycles. The number of likely N-dealkylation sites (tertiary alicyclic amines) is 1. The van der Waals surface area contributed by atoms with Crippen LogP contribution in [0.15, 0.2) is 67.0 Å². The number of nitrogens with zero attached hydrogens (tertiary/aromatic N) is 1. The first-order valence-corrected chi connectivity index (χ1v) is 10.2. The van der Waals surface area contributed by atoms with Crippen LogP contribution in [0.5, 0.6) is 0 Å². The third-order valence-electron chi connectivity index (χ3n) is 4.14. The normalized spacial score (nSPS) is 19.7. The van der Waals surface area contributed by atoms with E-state index in [4.69, 9.17) is 4.74 Å². The number of rotatable bonds is 7. The van der Waals surface area contributed by atoms with E-state index in [0.29, 0.717) is 18.7 Å². The zero-order valence-electron chi connectivity index (χ0n) is 18.1. The van der Waals surface area contributed by atoms with Crippen molar-refractivity contribution >= 4 is 5.97 Å². The second-order valence-corrected chi connectivity index (χ2v) is 6.00. The Morgan fingerprint density at radius 2 is 1.89 bits per heavy atom. The van der Waals surface area contributed by atoms with Gasteiger partial charge in [0.15, 0.2) is 0 Å². The minimum atomic E-state index is -1.23. The van der Waals surface area contributed by atoms with E-state index in [2.05, 4.69) is 23.6 Å². The number of carboxylic acid groups (broad SMARTS) is 1. The molecule has 0 spiro atoms. The molecule has 4 heteroatoms. The molecule has 1 atom stereocenters. The van der Waals surface area contributed by atoms with Crippen LogP contribution in [0.4, 0.5) is 0 Å². The van der Waals surface area contributed by atoms with Crippen molar-refractivity contribution in [2.24, 2.45) is 0 Å². The van der Waals surface area contributed by atoms with Crippen LogP contribution >= 0.6 is 0 Å². The van der Waals surface area contributed by atoms with Gasteiger partial charge in [-0.25, -0.2) is 4.79 Å². The summed E-state index contributed by atoms with van der Waals surface area (Å²) in [6.45, 7) is 15.6. The maximum Gasteiger partial charge on any atom is 0.349 e. The fourth-order valence-corrected chi connectivity index (χ4v) is 2.95. The second-order valence-electron chi connectivity index (χ2n) is 6.00. The summed E-state index contributed by atoms with van der Waals surface area (Å²) in [6.07, 6.45) is 8.26. The van der Waals surface area contributed by atoms with Crippen molar-refractivity contribution < 1.29 is 14.6 Å². The molecule has 4 nitrogen and oxygen atoms in total. The molecule has 1 aromatic carbocycles. The Morgan fingerprint density at radius 3 is 2.43 bits per heavy atom. The van der Waals surface area contributed by atoms with E-state index in [1.807, 2.05) is 65.0 Å². The van der Waals surface area contributed by atoms with Crippen LogP contribution in [0.2, 0.25) is 0 Å². The molecule has 0 radical (unpaired) electrons. The maximum absolute atomic E-state index is 12.0. The van der Waals surface area contributed by atoms with Crippen LogP contribution in [0.25, 0.3) is 0 Å². The summed E-state index contributed by atoms with van der Waals surface area (Å²) < 4.78 is 5.91. The monoisotopic (exact) mass is 387 g/mol. The predicted octanol–water partition coefficient (Wildman–Crippen LogP) is 5.82. The molecule has 1 aliphatic heterocycles. The standard InChI is InChI=1S/C20H25NO3.2C2H6/c1-3-5-12-18(4-2)24-20(19(22)23)13-9-14-21(16-20)15-17-10-7-6-8-11-17;2*1-2/h3-8,10-12H,2,9,13-16H2,1H3,(H,22,23);2*1-2H3/b5-3-,18-12+;;. The highest BCUT2D eigenvalue weighted by molar-refractivity contribution is 5.78. The van der Waals surface area contributed by atoms with Crippen molar-refractivity contribution in [1.29, 1.82) is 0 Å². The molecular weight excluding hydrogens is 350 g/mol. The SMILES string of the molecule is C=C/C(=C\C=C/C)OC1(C(=O)O)CCCN(Cc2ccccc2)C1.CC.CC. The van der Waals surface area contributed by atoms with Gasteiger partial charge in [-0.1, -0.05) is 76.8 Å². The summed E-state index contributed by atoms with van der Waals surface area (Å²) >= 11 is 0. The highest BCUT2D eigenvalue weighted by Gasteiger charge is 2.45. The minimum absolute atomic E-state index is 0.359. The number of piperidine rings is 1. The topological polar surface area (TPSA) is 49.8 Å². The quantitative estimate of drug-likeness (QED) is 0.473. The lowest BCUT2D eigenvalue weighted by molar-refractivity contribution is -0.167. The van der Waals surface area contributed by atoms with Crippen LogP contribution in [0, 0.1) is 0 Å². The summed E-state index contributed by atoms with van der Waals surface area (Å²) in [6, 6.07) is 10.1. The van der Waals surface area contributed by atoms with Gasteiger partial charge in [0.1, 0.15) is 5.76 Å². The number of benzene rings is 1. The molecule has 0 aromatic heterocycles. The Balaban J connectivity index is 0.00000171. The number of hydrogen-bond donors (Lipinski definition) is 1. The predicted molar refractivity (Wildman–Crippen MR) is 118 cm³/mol. The van der Waals surface area contributed by atoms with E-state index in [0.717, 1.165) is 19.5 Å². The maximum atomic E-state index is 12.0. The summed E-state index contributed by atoms with van der Waals surface area (Å²) in [4.78, 5) is 14.1. The van der Waals surface area contributed by atoms with Crippen LogP contribution in [0.3, 0.4) is 0 Å². The molecule has 1 N–H and O–H groups in total. The minimum Gasteiger partial charge on any atom is -0.478 e. The lowest BCUT2D eigenvalue weighted by atomic mass is 9.92. The highest BCUT2D eigenvalue weighted by atomic mass is 16.5. The van der Waals surface area contributed by atoms with Gasteiger partial charge in [-0.05, 0) is 37.6 Å². The molecule has 1 unspecified atom stereocenters. The van der Waals surface area contributed by atoms with Crippen molar-refractivity contribution in [1.82, 2.24) is 4.90 Å². The van der Waals surface area contributed by atoms with Gasteiger partial charge in [0, 0.05) is 19.5 Å². The van der Waals surface area contributed by atoms with Gasteiger partial charge in [-0.15, -0.1) is 0 Å². The van der Waals surface area contributed by atoms with Gasteiger partial charge in [0.25, 0.3) is 0 Å². The average molecular weight is 388 g/mol. The smallest absolute Gasteiger partial charge is 0.349 e. The third-order valence-corrected chi connectivity index (χ3v) is 4.14. The zero-order valence-corrected chi connectivity index (χ0v) is 18.1. The largest absolute Gasteiger partial charge is 0.478 e. The van der Waals surface area contributed by atoms with E-state index in [1.54, 1.807) is 12.2 Å². The van der Waals surface area contributed by atoms with Crippen molar-refractivity contribution in [2.75, 3.05) is 13.1 Å². The van der Waals surface area contributed by atoms with Gasteiger partial charge >= 0.3 is 5.97 Å². The van der Waals surface area contributed by atoms with Crippen LogP contribution in [0.1, 0.15) is 53.0 Å².